The molecular weight excluding hydrogens is 227 g/mol. The van der Waals surface area contributed by atoms with Crippen molar-refractivity contribution in [3.8, 4) is 0 Å². The maximum absolute atomic E-state index is 13.6. The van der Waals surface area contributed by atoms with Gasteiger partial charge < -0.3 is 0 Å². The molecule has 0 radical (unpaired) electrons. The van der Waals surface area contributed by atoms with Crippen LogP contribution in [0.2, 0.25) is 0 Å². The molecule has 16 heavy (non-hydrogen) atoms. The maximum Gasteiger partial charge on any atom is 0.175 e. The van der Waals surface area contributed by atoms with Crippen LogP contribution in [0.15, 0.2) is 23.1 Å². The van der Waals surface area contributed by atoms with Crippen molar-refractivity contribution in [2.75, 3.05) is 6.26 Å². The molecule has 0 unspecified atom stereocenters. The molecule has 0 aromatic heterocycles. The molecule has 1 aromatic rings. The summed E-state index contributed by atoms with van der Waals surface area (Å²) in [5.41, 5.74) is 0.535. The van der Waals surface area contributed by atoms with Crippen molar-refractivity contribution in [1.82, 2.24) is 0 Å². The van der Waals surface area contributed by atoms with Crippen LogP contribution < -0.4 is 0 Å². The normalized spacial score (nSPS) is 12.8. The van der Waals surface area contributed by atoms with Crippen molar-refractivity contribution < 1.29 is 12.8 Å². The molecule has 0 atom stereocenters. The Kier molecular flexibility index (Phi) is 3.43. The lowest BCUT2D eigenvalue weighted by atomic mass is 9.88. The van der Waals surface area contributed by atoms with E-state index in [1.165, 1.54) is 6.07 Å². The predicted octanol–water partition coefficient (Wildman–Crippen LogP) is 2.82. The second kappa shape index (κ2) is 4.17. The summed E-state index contributed by atoms with van der Waals surface area (Å²) in [7, 11) is -3.33. The number of sulfone groups is 1. The first-order valence-electron chi connectivity index (χ1n) is 5.08. The Labute approximate surface area is 96.4 Å². The lowest BCUT2D eigenvalue weighted by Gasteiger charge is -2.18. The molecule has 0 aliphatic heterocycles. The van der Waals surface area contributed by atoms with Crippen LogP contribution in [0.5, 0.6) is 0 Å². The standard InChI is InChI=1S/C12H17FO2S/c1-12(2,3)8-9-5-6-10(7-11(9)13)16(4,14)15/h5-7H,8H2,1-4H3. The van der Waals surface area contributed by atoms with E-state index in [1.54, 1.807) is 6.07 Å². The molecule has 90 valence electrons. The summed E-state index contributed by atoms with van der Waals surface area (Å²) in [5.74, 6) is -0.446. The van der Waals surface area contributed by atoms with E-state index in [0.717, 1.165) is 12.3 Å². The lowest BCUT2D eigenvalue weighted by molar-refractivity contribution is 0.402. The lowest BCUT2D eigenvalue weighted by Crippen LogP contribution is -2.11. The van der Waals surface area contributed by atoms with E-state index in [9.17, 15) is 12.8 Å². The van der Waals surface area contributed by atoms with Gasteiger partial charge in [0.15, 0.2) is 9.84 Å². The smallest absolute Gasteiger partial charge is 0.175 e. The second-order valence-electron chi connectivity index (χ2n) is 5.26. The van der Waals surface area contributed by atoms with Gasteiger partial charge in [0.25, 0.3) is 0 Å². The van der Waals surface area contributed by atoms with Crippen LogP contribution in [0.4, 0.5) is 4.39 Å². The molecule has 0 aliphatic carbocycles. The molecule has 1 rings (SSSR count). The SMILES string of the molecule is CC(C)(C)Cc1ccc(S(C)(=O)=O)cc1F. The van der Waals surface area contributed by atoms with E-state index in [2.05, 4.69) is 0 Å². The second-order valence-corrected chi connectivity index (χ2v) is 7.28. The summed E-state index contributed by atoms with van der Waals surface area (Å²) in [5, 5.41) is 0. The largest absolute Gasteiger partial charge is 0.224 e. The Morgan fingerprint density at radius 1 is 1.25 bits per heavy atom. The monoisotopic (exact) mass is 244 g/mol. The van der Waals surface area contributed by atoms with Gasteiger partial charge in [-0.05, 0) is 29.5 Å². The van der Waals surface area contributed by atoms with Gasteiger partial charge in [-0.1, -0.05) is 26.8 Å². The molecule has 0 aliphatic rings. The van der Waals surface area contributed by atoms with Gasteiger partial charge in [0.1, 0.15) is 5.82 Å². The molecule has 4 heteroatoms. The van der Waals surface area contributed by atoms with Crippen LogP contribution in [-0.4, -0.2) is 14.7 Å². The first kappa shape index (κ1) is 13.2. The van der Waals surface area contributed by atoms with Gasteiger partial charge in [-0.15, -0.1) is 0 Å². The van der Waals surface area contributed by atoms with Crippen molar-refractivity contribution in [3.63, 3.8) is 0 Å². The fourth-order valence-electron chi connectivity index (χ4n) is 1.47. The summed E-state index contributed by atoms with van der Waals surface area (Å²) < 4.78 is 36.1. The highest BCUT2D eigenvalue weighted by atomic mass is 32.2. The Morgan fingerprint density at radius 3 is 2.19 bits per heavy atom. The molecule has 0 heterocycles. The molecular formula is C12H17FO2S. The number of hydrogen-bond acceptors (Lipinski definition) is 2. The average Bonchev–Trinajstić information content (AvgIpc) is 2.04. The number of hydrogen-bond donors (Lipinski definition) is 0. The molecule has 1 aromatic carbocycles. The highest BCUT2D eigenvalue weighted by molar-refractivity contribution is 7.90. The van der Waals surface area contributed by atoms with E-state index < -0.39 is 15.7 Å². The van der Waals surface area contributed by atoms with E-state index in [4.69, 9.17) is 0 Å². The quantitative estimate of drug-likeness (QED) is 0.801. The molecule has 2 nitrogen and oxygen atoms in total. The Hall–Kier alpha value is -0.900. The molecule has 0 amide bonds. The zero-order valence-electron chi connectivity index (χ0n) is 10.0. The molecule has 0 N–H and O–H groups in total. The summed E-state index contributed by atoms with van der Waals surface area (Å²) in [6, 6.07) is 4.10. The molecule has 0 spiro atoms. The van der Waals surface area contributed by atoms with Gasteiger partial charge in [-0.2, -0.15) is 0 Å². The first-order valence-corrected chi connectivity index (χ1v) is 6.97. The van der Waals surface area contributed by atoms with Crippen molar-refractivity contribution >= 4 is 9.84 Å². The van der Waals surface area contributed by atoms with E-state index in [1.807, 2.05) is 20.8 Å². The minimum absolute atomic E-state index is 0.0204. The van der Waals surface area contributed by atoms with Crippen LogP contribution in [0.25, 0.3) is 0 Å². The van der Waals surface area contributed by atoms with Crippen molar-refractivity contribution in [2.24, 2.45) is 5.41 Å². The molecule has 0 saturated heterocycles. The Balaban J connectivity index is 3.11. The summed E-state index contributed by atoms with van der Waals surface area (Å²) >= 11 is 0. The van der Waals surface area contributed by atoms with Gasteiger partial charge in [0, 0.05) is 6.26 Å². The predicted molar refractivity (Wildman–Crippen MR) is 62.7 cm³/mol. The van der Waals surface area contributed by atoms with Crippen molar-refractivity contribution in [3.05, 3.63) is 29.6 Å². The van der Waals surface area contributed by atoms with Crippen LogP contribution >= 0.6 is 0 Å². The van der Waals surface area contributed by atoms with Crippen LogP contribution in [-0.2, 0) is 16.3 Å². The number of benzene rings is 1. The fourth-order valence-corrected chi connectivity index (χ4v) is 2.11. The third-order valence-corrected chi connectivity index (χ3v) is 3.28. The van der Waals surface area contributed by atoms with Gasteiger partial charge in [-0.3, -0.25) is 0 Å². The maximum atomic E-state index is 13.6. The van der Waals surface area contributed by atoms with Crippen LogP contribution in [0.1, 0.15) is 26.3 Å². The topological polar surface area (TPSA) is 34.1 Å². The van der Waals surface area contributed by atoms with Crippen molar-refractivity contribution in [2.45, 2.75) is 32.1 Å². The van der Waals surface area contributed by atoms with Gasteiger partial charge >= 0.3 is 0 Å². The Morgan fingerprint density at radius 2 is 1.81 bits per heavy atom. The minimum atomic E-state index is -3.33. The van der Waals surface area contributed by atoms with E-state index in [-0.39, 0.29) is 10.3 Å². The molecule has 0 bridgehead atoms. The highest BCUT2D eigenvalue weighted by Gasteiger charge is 2.16. The zero-order chi connectivity index (χ0) is 12.6. The van der Waals surface area contributed by atoms with Crippen LogP contribution in [0.3, 0.4) is 0 Å². The summed E-state index contributed by atoms with van der Waals surface area (Å²) in [6.07, 6.45) is 1.66. The molecule has 0 fully saturated rings. The van der Waals surface area contributed by atoms with Gasteiger partial charge in [0.2, 0.25) is 0 Å². The summed E-state index contributed by atoms with van der Waals surface area (Å²) in [4.78, 5) is 0.0302. The highest BCUT2D eigenvalue weighted by Crippen LogP contribution is 2.24. The summed E-state index contributed by atoms with van der Waals surface area (Å²) in [6.45, 7) is 6.03. The fraction of sp³-hybridized carbons (Fsp3) is 0.500. The van der Waals surface area contributed by atoms with E-state index >= 15 is 0 Å². The van der Waals surface area contributed by atoms with Gasteiger partial charge in [0.05, 0.1) is 4.90 Å². The van der Waals surface area contributed by atoms with Crippen molar-refractivity contribution in [1.29, 1.82) is 0 Å². The minimum Gasteiger partial charge on any atom is -0.224 e. The zero-order valence-corrected chi connectivity index (χ0v) is 10.9. The van der Waals surface area contributed by atoms with Crippen LogP contribution in [0, 0.1) is 11.2 Å². The van der Waals surface area contributed by atoms with Gasteiger partial charge in [-0.25, -0.2) is 12.8 Å². The third-order valence-electron chi connectivity index (χ3n) is 2.17. The number of rotatable bonds is 2. The Bertz CT molecular complexity index is 484. The average molecular weight is 244 g/mol. The first-order chi connectivity index (χ1) is 7.09. The third kappa shape index (κ3) is 3.59. The number of halogens is 1. The molecule has 0 saturated carbocycles. The van der Waals surface area contributed by atoms with E-state index in [0.29, 0.717) is 12.0 Å².